The van der Waals surface area contributed by atoms with Gasteiger partial charge in [0.2, 0.25) is 0 Å². The van der Waals surface area contributed by atoms with E-state index >= 15 is 0 Å². The number of benzene rings is 1. The quantitative estimate of drug-likeness (QED) is 0.888. The Morgan fingerprint density at radius 3 is 2.55 bits per heavy atom. The van der Waals surface area contributed by atoms with Crippen LogP contribution < -0.4 is 5.32 Å². The van der Waals surface area contributed by atoms with Crippen LogP contribution >= 0.6 is 0 Å². The molecule has 1 amide bonds. The molecule has 0 fully saturated rings. The van der Waals surface area contributed by atoms with Gasteiger partial charge in [-0.1, -0.05) is 12.1 Å². The Morgan fingerprint density at radius 1 is 1.35 bits per heavy atom. The van der Waals surface area contributed by atoms with Crippen molar-refractivity contribution in [1.29, 1.82) is 0 Å². The summed E-state index contributed by atoms with van der Waals surface area (Å²) in [5, 5.41) is 11.7. The SMILES string of the molecule is CC(Cc1cccc(C(=O)O)c1)NC(=O)OC(C)(C)C. The summed E-state index contributed by atoms with van der Waals surface area (Å²) in [6.07, 6.45) is 0.0692. The molecular formula is C15H21NO4. The summed E-state index contributed by atoms with van der Waals surface area (Å²) in [4.78, 5) is 22.5. The summed E-state index contributed by atoms with van der Waals surface area (Å²) in [6, 6.07) is 6.53. The molecule has 1 aromatic carbocycles. The van der Waals surface area contributed by atoms with Crippen molar-refractivity contribution in [2.75, 3.05) is 0 Å². The summed E-state index contributed by atoms with van der Waals surface area (Å²) in [6.45, 7) is 7.24. The molecule has 5 nitrogen and oxygen atoms in total. The molecule has 0 heterocycles. The third-order valence-corrected chi connectivity index (χ3v) is 2.48. The highest BCUT2D eigenvalue weighted by Gasteiger charge is 2.17. The van der Waals surface area contributed by atoms with E-state index in [1.807, 2.05) is 13.0 Å². The molecule has 0 aliphatic heterocycles. The van der Waals surface area contributed by atoms with Gasteiger partial charge >= 0.3 is 12.1 Å². The van der Waals surface area contributed by atoms with Gasteiger partial charge in [0, 0.05) is 6.04 Å². The monoisotopic (exact) mass is 279 g/mol. The zero-order valence-corrected chi connectivity index (χ0v) is 12.3. The number of hydrogen-bond acceptors (Lipinski definition) is 3. The van der Waals surface area contributed by atoms with Gasteiger partial charge in [0.25, 0.3) is 0 Å². The molecule has 1 aromatic rings. The second-order valence-electron chi connectivity index (χ2n) is 5.76. The molecule has 0 spiro atoms. The van der Waals surface area contributed by atoms with Gasteiger partial charge in [-0.15, -0.1) is 0 Å². The smallest absolute Gasteiger partial charge is 0.407 e. The van der Waals surface area contributed by atoms with Gasteiger partial charge in [0.15, 0.2) is 0 Å². The van der Waals surface area contributed by atoms with Crippen molar-refractivity contribution in [3.63, 3.8) is 0 Å². The van der Waals surface area contributed by atoms with Crippen molar-refractivity contribution in [3.05, 3.63) is 35.4 Å². The molecule has 0 radical (unpaired) electrons. The standard InChI is InChI=1S/C15H21NO4/c1-10(16-14(19)20-15(2,3)4)8-11-6-5-7-12(9-11)13(17)18/h5-7,9-10H,8H2,1-4H3,(H,16,19)(H,17,18). The van der Waals surface area contributed by atoms with Crippen LogP contribution in [0.2, 0.25) is 0 Å². The molecule has 0 saturated carbocycles. The number of rotatable bonds is 4. The third-order valence-electron chi connectivity index (χ3n) is 2.48. The summed E-state index contributed by atoms with van der Waals surface area (Å²) >= 11 is 0. The molecular weight excluding hydrogens is 258 g/mol. The first kappa shape index (κ1) is 16.0. The fraction of sp³-hybridized carbons (Fsp3) is 0.467. The largest absolute Gasteiger partial charge is 0.478 e. The van der Waals surface area contributed by atoms with Crippen LogP contribution in [-0.4, -0.2) is 28.8 Å². The number of alkyl carbamates (subject to hydrolysis) is 1. The minimum absolute atomic E-state index is 0.145. The first-order valence-corrected chi connectivity index (χ1v) is 6.49. The van der Waals surface area contributed by atoms with E-state index in [4.69, 9.17) is 9.84 Å². The van der Waals surface area contributed by atoms with Crippen molar-refractivity contribution < 1.29 is 19.4 Å². The van der Waals surface area contributed by atoms with Gasteiger partial charge in [-0.2, -0.15) is 0 Å². The second-order valence-corrected chi connectivity index (χ2v) is 5.76. The van der Waals surface area contributed by atoms with Gasteiger partial charge in [0.05, 0.1) is 5.56 Å². The lowest BCUT2D eigenvalue weighted by molar-refractivity contribution is 0.0507. The highest BCUT2D eigenvalue weighted by Crippen LogP contribution is 2.10. The molecule has 0 saturated heterocycles. The van der Waals surface area contributed by atoms with E-state index in [-0.39, 0.29) is 11.6 Å². The fourth-order valence-corrected chi connectivity index (χ4v) is 1.74. The van der Waals surface area contributed by atoms with E-state index in [9.17, 15) is 9.59 Å². The lowest BCUT2D eigenvalue weighted by Gasteiger charge is -2.22. The highest BCUT2D eigenvalue weighted by molar-refractivity contribution is 5.87. The van der Waals surface area contributed by atoms with Crippen LogP contribution in [-0.2, 0) is 11.2 Å². The zero-order chi connectivity index (χ0) is 15.3. The Balaban J connectivity index is 2.58. The van der Waals surface area contributed by atoms with E-state index in [0.29, 0.717) is 6.42 Å². The fourth-order valence-electron chi connectivity index (χ4n) is 1.74. The highest BCUT2D eigenvalue weighted by atomic mass is 16.6. The Morgan fingerprint density at radius 2 is 2.00 bits per heavy atom. The number of hydrogen-bond donors (Lipinski definition) is 2. The lowest BCUT2D eigenvalue weighted by Crippen LogP contribution is -2.38. The minimum Gasteiger partial charge on any atom is -0.478 e. The summed E-state index contributed by atoms with van der Waals surface area (Å²) in [5.41, 5.74) is 0.563. The summed E-state index contributed by atoms with van der Waals surface area (Å²) in [5.74, 6) is -0.959. The topological polar surface area (TPSA) is 75.6 Å². The number of carbonyl (C=O) groups is 2. The van der Waals surface area contributed by atoms with Crippen LogP contribution in [0.1, 0.15) is 43.6 Å². The number of nitrogens with one attached hydrogen (secondary N) is 1. The van der Waals surface area contributed by atoms with Crippen LogP contribution in [0.15, 0.2) is 24.3 Å². The first-order chi connectivity index (χ1) is 9.17. The Kier molecular flexibility index (Phi) is 5.13. The molecule has 110 valence electrons. The first-order valence-electron chi connectivity index (χ1n) is 6.49. The number of carboxylic acid groups (broad SMARTS) is 1. The van der Waals surface area contributed by atoms with Crippen molar-refractivity contribution in [2.45, 2.75) is 45.8 Å². The van der Waals surface area contributed by atoms with Crippen LogP contribution in [0.5, 0.6) is 0 Å². The predicted octanol–water partition coefficient (Wildman–Crippen LogP) is 2.84. The Labute approximate surface area is 118 Å². The second kappa shape index (κ2) is 6.41. The van der Waals surface area contributed by atoms with Crippen molar-refractivity contribution in [3.8, 4) is 0 Å². The molecule has 0 bridgehead atoms. The van der Waals surface area contributed by atoms with Crippen molar-refractivity contribution in [2.24, 2.45) is 0 Å². The van der Waals surface area contributed by atoms with E-state index in [2.05, 4.69) is 5.32 Å². The maximum absolute atomic E-state index is 11.6. The van der Waals surface area contributed by atoms with Crippen LogP contribution in [0, 0.1) is 0 Å². The van der Waals surface area contributed by atoms with Gasteiger partial charge in [-0.05, 0) is 51.8 Å². The normalized spacial score (nSPS) is 12.6. The lowest BCUT2D eigenvalue weighted by atomic mass is 10.0. The minimum atomic E-state index is -0.959. The van der Waals surface area contributed by atoms with Crippen LogP contribution in [0.25, 0.3) is 0 Å². The molecule has 1 unspecified atom stereocenters. The molecule has 0 aliphatic rings. The van der Waals surface area contributed by atoms with Gasteiger partial charge in [-0.25, -0.2) is 9.59 Å². The average Bonchev–Trinajstić information content (AvgIpc) is 2.25. The van der Waals surface area contributed by atoms with Crippen LogP contribution in [0.3, 0.4) is 0 Å². The maximum Gasteiger partial charge on any atom is 0.407 e. The average molecular weight is 279 g/mol. The zero-order valence-electron chi connectivity index (χ0n) is 12.3. The van der Waals surface area contributed by atoms with Crippen molar-refractivity contribution >= 4 is 12.1 Å². The summed E-state index contributed by atoms with van der Waals surface area (Å²) in [7, 11) is 0. The maximum atomic E-state index is 11.6. The van der Waals surface area contributed by atoms with Gasteiger partial charge in [0.1, 0.15) is 5.60 Å². The number of ether oxygens (including phenoxy) is 1. The Bertz CT molecular complexity index is 491. The predicted molar refractivity (Wildman–Crippen MR) is 75.9 cm³/mol. The van der Waals surface area contributed by atoms with E-state index < -0.39 is 17.7 Å². The molecule has 1 atom stereocenters. The number of amides is 1. The van der Waals surface area contributed by atoms with Gasteiger partial charge in [-0.3, -0.25) is 0 Å². The van der Waals surface area contributed by atoms with E-state index in [1.54, 1.807) is 32.9 Å². The molecule has 2 N–H and O–H groups in total. The summed E-state index contributed by atoms with van der Waals surface area (Å²) < 4.78 is 5.16. The van der Waals surface area contributed by atoms with E-state index in [0.717, 1.165) is 5.56 Å². The Hall–Kier alpha value is -2.04. The number of aromatic carboxylic acids is 1. The third kappa shape index (κ3) is 5.73. The van der Waals surface area contributed by atoms with Crippen molar-refractivity contribution in [1.82, 2.24) is 5.32 Å². The van der Waals surface area contributed by atoms with Crippen LogP contribution in [0.4, 0.5) is 4.79 Å². The molecule has 1 rings (SSSR count). The molecule has 20 heavy (non-hydrogen) atoms. The van der Waals surface area contributed by atoms with E-state index in [1.165, 1.54) is 6.07 Å². The number of carboxylic acids is 1. The van der Waals surface area contributed by atoms with Gasteiger partial charge < -0.3 is 15.2 Å². The molecule has 5 heteroatoms. The molecule has 0 aliphatic carbocycles. The molecule has 0 aromatic heterocycles. The number of carbonyl (C=O) groups excluding carboxylic acids is 1.